The molecule has 0 spiro atoms. The number of urea groups is 1. The van der Waals surface area contributed by atoms with E-state index in [1.165, 1.54) is 16.0 Å². The van der Waals surface area contributed by atoms with Crippen molar-refractivity contribution in [2.75, 3.05) is 32.8 Å². The van der Waals surface area contributed by atoms with Crippen molar-refractivity contribution < 1.29 is 9.59 Å². The van der Waals surface area contributed by atoms with E-state index >= 15 is 0 Å². The number of rotatable bonds is 7. The molecule has 3 rings (SSSR count). The zero-order valence-electron chi connectivity index (χ0n) is 17.7. The summed E-state index contributed by atoms with van der Waals surface area (Å²) in [5, 5.41) is 2.92. The van der Waals surface area contributed by atoms with Crippen molar-refractivity contribution in [3.63, 3.8) is 0 Å². The van der Waals surface area contributed by atoms with Gasteiger partial charge < -0.3 is 5.32 Å². The van der Waals surface area contributed by atoms with Crippen molar-refractivity contribution in [3.8, 4) is 0 Å². The summed E-state index contributed by atoms with van der Waals surface area (Å²) in [7, 11) is 0. The third-order valence-corrected chi connectivity index (χ3v) is 6.03. The molecule has 1 N–H and O–H groups in total. The Morgan fingerprint density at radius 1 is 1.07 bits per heavy atom. The summed E-state index contributed by atoms with van der Waals surface area (Å²) in [5.74, 6) is 0.428. The fourth-order valence-electron chi connectivity index (χ4n) is 3.94. The second-order valence-corrected chi connectivity index (χ2v) is 8.89. The molecule has 2 aliphatic rings. The van der Waals surface area contributed by atoms with E-state index in [1.54, 1.807) is 0 Å². The molecule has 0 aromatic heterocycles. The number of piperazine rings is 1. The average molecular weight is 387 g/mol. The maximum absolute atomic E-state index is 12.9. The Morgan fingerprint density at radius 2 is 1.71 bits per heavy atom. The zero-order valence-corrected chi connectivity index (χ0v) is 17.7. The van der Waals surface area contributed by atoms with E-state index < -0.39 is 5.54 Å². The van der Waals surface area contributed by atoms with Crippen LogP contribution in [0.15, 0.2) is 24.3 Å². The van der Waals surface area contributed by atoms with E-state index in [0.29, 0.717) is 19.0 Å². The van der Waals surface area contributed by atoms with E-state index in [2.05, 4.69) is 60.2 Å². The van der Waals surface area contributed by atoms with Crippen molar-refractivity contribution >= 4 is 11.9 Å². The number of hydrogen-bond acceptors (Lipinski definition) is 4. The van der Waals surface area contributed by atoms with Gasteiger partial charge in [0.2, 0.25) is 0 Å². The molecule has 0 bridgehead atoms. The Kier molecular flexibility index (Phi) is 6.40. The van der Waals surface area contributed by atoms with E-state index in [1.807, 2.05) is 6.92 Å². The summed E-state index contributed by atoms with van der Waals surface area (Å²) in [6, 6.07) is 8.25. The Balaban J connectivity index is 1.51. The number of aryl methyl sites for hydroxylation is 1. The molecule has 1 aromatic carbocycles. The predicted molar refractivity (Wildman–Crippen MR) is 111 cm³/mol. The van der Waals surface area contributed by atoms with Gasteiger partial charge in [-0.2, -0.15) is 0 Å². The van der Waals surface area contributed by atoms with Crippen LogP contribution < -0.4 is 5.32 Å². The quantitative estimate of drug-likeness (QED) is 0.732. The predicted octanol–water partition coefficient (Wildman–Crippen LogP) is 2.82. The molecule has 0 unspecified atom stereocenters. The van der Waals surface area contributed by atoms with Gasteiger partial charge in [-0.05, 0) is 43.7 Å². The number of carbonyl (C=O) groups is 2. The highest BCUT2D eigenvalue weighted by Crippen LogP contribution is 2.25. The minimum Gasteiger partial charge on any atom is -0.323 e. The lowest BCUT2D eigenvalue weighted by Gasteiger charge is -2.36. The summed E-state index contributed by atoms with van der Waals surface area (Å²) in [6.07, 6.45) is 1.61. The van der Waals surface area contributed by atoms with Gasteiger partial charge in [0.25, 0.3) is 5.91 Å². The highest BCUT2D eigenvalue weighted by molar-refractivity contribution is 6.06. The second-order valence-electron chi connectivity index (χ2n) is 8.89. The number of amides is 3. The summed E-state index contributed by atoms with van der Waals surface area (Å²) in [4.78, 5) is 31.3. The van der Waals surface area contributed by atoms with Crippen LogP contribution in [0.4, 0.5) is 4.79 Å². The standard InChI is InChI=1S/C22H34N4O2/c1-17(2)9-10-22(4)20(27)26(21(28)23-22)16-25-13-11-24(12-14-25)15-19-8-6-5-7-18(19)3/h5-8,17H,9-16H2,1-4H3,(H,23,28)/t22-/m0/s1. The van der Waals surface area contributed by atoms with E-state index in [4.69, 9.17) is 0 Å². The Hall–Kier alpha value is -1.92. The number of benzene rings is 1. The van der Waals surface area contributed by atoms with Gasteiger partial charge >= 0.3 is 6.03 Å². The van der Waals surface area contributed by atoms with E-state index in [-0.39, 0.29) is 11.9 Å². The first-order valence-electron chi connectivity index (χ1n) is 10.4. The molecular formula is C22H34N4O2. The topological polar surface area (TPSA) is 55.9 Å². The van der Waals surface area contributed by atoms with Gasteiger partial charge in [0.05, 0.1) is 6.67 Å². The first-order chi connectivity index (χ1) is 13.3. The zero-order chi connectivity index (χ0) is 20.3. The van der Waals surface area contributed by atoms with E-state index in [9.17, 15) is 9.59 Å². The van der Waals surface area contributed by atoms with Gasteiger partial charge in [-0.25, -0.2) is 9.69 Å². The molecule has 0 radical (unpaired) electrons. The van der Waals surface area contributed by atoms with Crippen molar-refractivity contribution in [1.29, 1.82) is 0 Å². The van der Waals surface area contributed by atoms with Crippen LogP contribution in [-0.2, 0) is 11.3 Å². The molecule has 1 aromatic rings. The summed E-state index contributed by atoms with van der Waals surface area (Å²) in [6.45, 7) is 13.3. The molecule has 154 valence electrons. The minimum absolute atomic E-state index is 0.0829. The van der Waals surface area contributed by atoms with E-state index in [0.717, 1.165) is 39.1 Å². The number of carbonyl (C=O) groups excluding carboxylic acids is 2. The van der Waals surface area contributed by atoms with Crippen LogP contribution in [-0.4, -0.2) is 65.0 Å². The lowest BCUT2D eigenvalue weighted by Crippen LogP contribution is -2.51. The fraction of sp³-hybridized carbons (Fsp3) is 0.636. The molecule has 0 saturated carbocycles. The normalized spacial score (nSPS) is 24.2. The molecule has 6 nitrogen and oxygen atoms in total. The summed E-state index contributed by atoms with van der Waals surface area (Å²) >= 11 is 0. The van der Waals surface area contributed by atoms with Crippen LogP contribution in [0.3, 0.4) is 0 Å². The molecule has 2 fully saturated rings. The smallest absolute Gasteiger partial charge is 0.323 e. The van der Waals surface area contributed by atoms with Crippen molar-refractivity contribution in [2.45, 2.75) is 52.6 Å². The maximum Gasteiger partial charge on any atom is 0.326 e. The summed E-state index contributed by atoms with van der Waals surface area (Å²) in [5.41, 5.74) is 1.93. The molecular weight excluding hydrogens is 352 g/mol. The summed E-state index contributed by atoms with van der Waals surface area (Å²) < 4.78 is 0. The monoisotopic (exact) mass is 386 g/mol. The molecule has 0 aliphatic carbocycles. The van der Waals surface area contributed by atoms with Crippen LogP contribution in [0.2, 0.25) is 0 Å². The van der Waals surface area contributed by atoms with Gasteiger partial charge in [0.15, 0.2) is 0 Å². The number of nitrogens with zero attached hydrogens (tertiary/aromatic N) is 3. The van der Waals surface area contributed by atoms with Gasteiger partial charge in [-0.1, -0.05) is 38.1 Å². The van der Waals surface area contributed by atoms with Gasteiger partial charge in [-0.15, -0.1) is 0 Å². The van der Waals surface area contributed by atoms with Crippen molar-refractivity contribution in [1.82, 2.24) is 20.0 Å². The fourth-order valence-corrected chi connectivity index (χ4v) is 3.94. The first kappa shape index (κ1) is 20.8. The molecule has 2 saturated heterocycles. The largest absolute Gasteiger partial charge is 0.326 e. The molecule has 28 heavy (non-hydrogen) atoms. The Labute approximate surface area is 168 Å². The Bertz CT molecular complexity index is 712. The van der Waals surface area contributed by atoms with Crippen molar-refractivity contribution in [2.24, 2.45) is 5.92 Å². The van der Waals surface area contributed by atoms with Crippen LogP contribution in [0.5, 0.6) is 0 Å². The van der Waals surface area contributed by atoms with Crippen LogP contribution in [0, 0.1) is 12.8 Å². The molecule has 2 heterocycles. The number of imide groups is 1. The molecule has 1 atom stereocenters. The highest BCUT2D eigenvalue weighted by atomic mass is 16.2. The Morgan fingerprint density at radius 3 is 2.36 bits per heavy atom. The highest BCUT2D eigenvalue weighted by Gasteiger charge is 2.47. The molecule has 2 aliphatic heterocycles. The molecule has 3 amide bonds. The molecule has 6 heteroatoms. The van der Waals surface area contributed by atoms with Gasteiger partial charge in [-0.3, -0.25) is 14.6 Å². The third kappa shape index (κ3) is 4.73. The second kappa shape index (κ2) is 8.62. The van der Waals surface area contributed by atoms with Crippen LogP contribution >= 0.6 is 0 Å². The lowest BCUT2D eigenvalue weighted by atomic mass is 9.92. The van der Waals surface area contributed by atoms with Crippen molar-refractivity contribution in [3.05, 3.63) is 35.4 Å². The van der Waals surface area contributed by atoms with Crippen LogP contribution in [0.25, 0.3) is 0 Å². The minimum atomic E-state index is -0.756. The van der Waals surface area contributed by atoms with Crippen LogP contribution in [0.1, 0.15) is 44.7 Å². The van der Waals surface area contributed by atoms with Gasteiger partial charge in [0.1, 0.15) is 5.54 Å². The number of nitrogens with one attached hydrogen (secondary N) is 1. The maximum atomic E-state index is 12.9. The third-order valence-electron chi connectivity index (χ3n) is 6.03. The first-order valence-corrected chi connectivity index (χ1v) is 10.4. The van der Waals surface area contributed by atoms with Gasteiger partial charge in [0, 0.05) is 32.7 Å². The average Bonchev–Trinajstić information content (AvgIpc) is 2.87. The lowest BCUT2D eigenvalue weighted by molar-refractivity contribution is -0.132. The SMILES string of the molecule is Cc1ccccc1CN1CCN(CN2C(=O)N[C@@](C)(CCC(C)C)C2=O)CC1. The number of hydrogen-bond donors (Lipinski definition) is 1.